The maximum Gasteiger partial charge on any atom is 0.417 e. The molecule has 0 atom stereocenters. The number of alkyl halides is 3. The molecule has 0 bridgehead atoms. The molecule has 0 amide bonds. The average molecular weight is 382 g/mol. The number of aromatic nitrogens is 3. The molecule has 1 fully saturated rings. The van der Waals surface area contributed by atoms with Gasteiger partial charge in [0, 0.05) is 36.6 Å². The van der Waals surface area contributed by atoms with Crippen molar-refractivity contribution in [2.75, 3.05) is 44.3 Å². The van der Waals surface area contributed by atoms with Gasteiger partial charge in [-0.3, -0.25) is 9.88 Å². The van der Waals surface area contributed by atoms with E-state index in [2.05, 4.69) is 19.9 Å². The largest absolute Gasteiger partial charge is 0.417 e. The fourth-order valence-corrected chi connectivity index (χ4v) is 2.93. The van der Waals surface area contributed by atoms with E-state index in [1.807, 2.05) is 0 Å². The number of nitrogens with zero attached hydrogens (tertiary/aromatic N) is 4. The predicted octanol–water partition coefficient (Wildman–Crippen LogP) is 1.99. The van der Waals surface area contributed by atoms with Gasteiger partial charge in [-0.05, 0) is 25.5 Å². The third kappa shape index (κ3) is 4.83. The second-order valence-corrected chi connectivity index (χ2v) is 6.31. The van der Waals surface area contributed by atoms with Crippen molar-refractivity contribution in [1.82, 2.24) is 19.9 Å². The lowest BCUT2D eigenvalue weighted by molar-refractivity contribution is -0.137. The molecule has 27 heavy (non-hydrogen) atoms. The van der Waals surface area contributed by atoms with Gasteiger partial charge in [0.25, 0.3) is 0 Å². The van der Waals surface area contributed by atoms with E-state index in [1.165, 1.54) is 6.20 Å². The second-order valence-electron chi connectivity index (χ2n) is 6.31. The van der Waals surface area contributed by atoms with Crippen LogP contribution in [0.3, 0.4) is 0 Å². The van der Waals surface area contributed by atoms with Crippen LogP contribution < -0.4 is 11.5 Å². The Balaban J connectivity index is 1.73. The number of halogens is 3. The summed E-state index contributed by atoms with van der Waals surface area (Å²) in [5, 5.41) is 0. The van der Waals surface area contributed by atoms with Crippen LogP contribution in [0.5, 0.6) is 0 Å². The van der Waals surface area contributed by atoms with Gasteiger partial charge in [-0.2, -0.15) is 13.2 Å². The molecule has 0 aromatic carbocycles. The highest BCUT2D eigenvalue weighted by molar-refractivity contribution is 5.63. The van der Waals surface area contributed by atoms with E-state index >= 15 is 0 Å². The third-order valence-electron chi connectivity index (χ3n) is 4.40. The minimum atomic E-state index is -4.50. The molecule has 0 unspecified atom stereocenters. The molecule has 0 saturated carbocycles. The first-order valence-corrected chi connectivity index (χ1v) is 8.59. The monoisotopic (exact) mass is 382 g/mol. The van der Waals surface area contributed by atoms with E-state index in [0.717, 1.165) is 51.5 Å². The molecule has 1 saturated heterocycles. The number of pyridine rings is 1. The minimum Gasteiger partial charge on any atom is -0.383 e. The van der Waals surface area contributed by atoms with E-state index in [4.69, 9.17) is 16.2 Å². The lowest BCUT2D eigenvalue weighted by atomic mass is 10.1. The Morgan fingerprint density at radius 1 is 1.07 bits per heavy atom. The molecule has 1 aliphatic rings. The molecular formula is C17H21F3N6O. The molecule has 3 heterocycles. The summed E-state index contributed by atoms with van der Waals surface area (Å²) in [6, 6.07) is 0.930. The van der Waals surface area contributed by atoms with Crippen LogP contribution >= 0.6 is 0 Å². The van der Waals surface area contributed by atoms with E-state index < -0.39 is 11.7 Å². The number of hydrogen-bond acceptors (Lipinski definition) is 7. The summed E-state index contributed by atoms with van der Waals surface area (Å²) in [6.45, 7) is 4.12. The fourth-order valence-electron chi connectivity index (χ4n) is 2.93. The first-order chi connectivity index (χ1) is 12.8. The van der Waals surface area contributed by atoms with Gasteiger partial charge in [0.1, 0.15) is 11.6 Å². The van der Waals surface area contributed by atoms with Gasteiger partial charge in [0.2, 0.25) is 0 Å². The minimum absolute atomic E-state index is 0.0283. The van der Waals surface area contributed by atoms with Gasteiger partial charge >= 0.3 is 6.18 Å². The fraction of sp³-hybridized carbons (Fsp3) is 0.471. The topological polar surface area (TPSA) is 103 Å². The van der Waals surface area contributed by atoms with Gasteiger partial charge in [-0.1, -0.05) is 0 Å². The zero-order valence-electron chi connectivity index (χ0n) is 14.7. The van der Waals surface area contributed by atoms with Crippen molar-refractivity contribution in [3.05, 3.63) is 29.6 Å². The highest BCUT2D eigenvalue weighted by Crippen LogP contribution is 2.31. The van der Waals surface area contributed by atoms with Crippen molar-refractivity contribution < 1.29 is 17.9 Å². The first-order valence-electron chi connectivity index (χ1n) is 8.59. The van der Waals surface area contributed by atoms with Crippen LogP contribution in [0.2, 0.25) is 0 Å². The van der Waals surface area contributed by atoms with E-state index in [0.29, 0.717) is 12.0 Å². The summed E-state index contributed by atoms with van der Waals surface area (Å²) in [5.41, 5.74) is 11.8. The Kier molecular flexibility index (Phi) is 5.76. The van der Waals surface area contributed by atoms with Crippen molar-refractivity contribution in [2.45, 2.75) is 19.0 Å². The van der Waals surface area contributed by atoms with Crippen molar-refractivity contribution in [3.63, 3.8) is 0 Å². The number of morpholine rings is 1. The summed E-state index contributed by atoms with van der Waals surface area (Å²) in [6.07, 6.45) is -1.09. The van der Waals surface area contributed by atoms with Crippen LogP contribution in [-0.4, -0.2) is 52.7 Å². The molecule has 2 aromatic rings. The Bertz CT molecular complexity index is 769. The smallest absolute Gasteiger partial charge is 0.383 e. The van der Waals surface area contributed by atoms with Crippen molar-refractivity contribution in [3.8, 4) is 11.4 Å². The molecule has 10 heteroatoms. The van der Waals surface area contributed by atoms with Gasteiger partial charge in [0.15, 0.2) is 5.82 Å². The summed E-state index contributed by atoms with van der Waals surface area (Å²) in [7, 11) is 0. The maximum absolute atomic E-state index is 12.9. The van der Waals surface area contributed by atoms with Crippen molar-refractivity contribution >= 4 is 11.6 Å². The van der Waals surface area contributed by atoms with Crippen molar-refractivity contribution in [2.24, 2.45) is 0 Å². The number of rotatable bonds is 5. The average Bonchev–Trinajstić information content (AvgIpc) is 2.64. The Labute approximate surface area is 154 Å². The summed E-state index contributed by atoms with van der Waals surface area (Å²) < 4.78 is 43.9. The van der Waals surface area contributed by atoms with Crippen LogP contribution in [0.25, 0.3) is 11.4 Å². The normalized spacial score (nSPS) is 15.8. The second kappa shape index (κ2) is 8.05. The SMILES string of the molecule is Nc1nc(-c2cncc(C(F)(F)F)c2)nc(N)c1CCCN1CCOCC1. The van der Waals surface area contributed by atoms with E-state index in [-0.39, 0.29) is 23.0 Å². The quantitative estimate of drug-likeness (QED) is 0.815. The van der Waals surface area contributed by atoms with Crippen LogP contribution in [0.1, 0.15) is 17.5 Å². The first kappa shape index (κ1) is 19.3. The molecule has 146 valence electrons. The third-order valence-corrected chi connectivity index (χ3v) is 4.40. The maximum atomic E-state index is 12.9. The molecule has 4 N–H and O–H groups in total. The number of hydrogen-bond donors (Lipinski definition) is 2. The molecule has 2 aromatic heterocycles. The predicted molar refractivity (Wildman–Crippen MR) is 94.7 cm³/mol. The van der Waals surface area contributed by atoms with Crippen molar-refractivity contribution in [1.29, 1.82) is 0 Å². The highest BCUT2D eigenvalue weighted by atomic mass is 19.4. The molecule has 7 nitrogen and oxygen atoms in total. The zero-order chi connectivity index (χ0) is 19.4. The molecule has 1 aliphatic heterocycles. The van der Waals surface area contributed by atoms with Crippen LogP contribution in [0.4, 0.5) is 24.8 Å². The molecular weight excluding hydrogens is 361 g/mol. The van der Waals surface area contributed by atoms with Gasteiger partial charge in [-0.15, -0.1) is 0 Å². The highest BCUT2D eigenvalue weighted by Gasteiger charge is 2.31. The Morgan fingerprint density at radius 3 is 2.37 bits per heavy atom. The molecule has 0 spiro atoms. The van der Waals surface area contributed by atoms with Crippen LogP contribution in [0.15, 0.2) is 18.5 Å². The summed E-state index contributed by atoms with van der Waals surface area (Å²) in [5.74, 6) is 0.384. The van der Waals surface area contributed by atoms with E-state index in [9.17, 15) is 13.2 Å². The molecule has 0 radical (unpaired) electrons. The van der Waals surface area contributed by atoms with Crippen LogP contribution in [-0.2, 0) is 17.3 Å². The van der Waals surface area contributed by atoms with Gasteiger partial charge < -0.3 is 16.2 Å². The Hall–Kier alpha value is -2.46. The van der Waals surface area contributed by atoms with E-state index in [1.54, 1.807) is 0 Å². The number of nitrogen functional groups attached to an aromatic ring is 2. The van der Waals surface area contributed by atoms with Crippen LogP contribution in [0, 0.1) is 0 Å². The lowest BCUT2D eigenvalue weighted by Gasteiger charge is -2.26. The number of anilines is 2. The molecule has 0 aliphatic carbocycles. The Morgan fingerprint density at radius 2 is 1.74 bits per heavy atom. The zero-order valence-corrected chi connectivity index (χ0v) is 14.7. The lowest BCUT2D eigenvalue weighted by Crippen LogP contribution is -2.37. The van der Waals surface area contributed by atoms with Gasteiger partial charge in [0.05, 0.1) is 18.8 Å². The number of nitrogens with two attached hydrogens (primary N) is 2. The summed E-state index contributed by atoms with van der Waals surface area (Å²) >= 11 is 0. The summed E-state index contributed by atoms with van der Waals surface area (Å²) in [4.78, 5) is 14.2. The standard InChI is InChI=1S/C17H21F3N6O/c18-17(19,20)12-8-11(9-23-10-12)16-24-14(21)13(15(22)25-16)2-1-3-26-4-6-27-7-5-26/h8-10H,1-7H2,(H4,21,22,24,25). The molecule has 3 rings (SSSR count). The van der Waals surface area contributed by atoms with Gasteiger partial charge in [-0.25, -0.2) is 9.97 Å². The number of ether oxygens (including phenoxy) is 1.